The van der Waals surface area contributed by atoms with E-state index < -0.39 is 0 Å². The first-order chi connectivity index (χ1) is 10.2. The van der Waals surface area contributed by atoms with Crippen LogP contribution in [0.3, 0.4) is 0 Å². The van der Waals surface area contributed by atoms with E-state index in [4.69, 9.17) is 0 Å². The van der Waals surface area contributed by atoms with Gasteiger partial charge in [0.15, 0.2) is 5.96 Å². The fourth-order valence-corrected chi connectivity index (χ4v) is 1.78. The molecule has 0 fully saturated rings. The molecule has 0 amide bonds. The zero-order valence-corrected chi connectivity index (χ0v) is 15.5. The largest absolute Gasteiger partial charge is 0.356 e. The van der Waals surface area contributed by atoms with Gasteiger partial charge >= 0.3 is 0 Å². The average molecular weight is 414 g/mol. The van der Waals surface area contributed by atoms with Gasteiger partial charge in [0.2, 0.25) is 0 Å². The van der Waals surface area contributed by atoms with Crippen molar-refractivity contribution in [3.05, 3.63) is 42.6 Å². The molecule has 0 spiro atoms. The summed E-state index contributed by atoms with van der Waals surface area (Å²) >= 11 is 0. The van der Waals surface area contributed by atoms with Gasteiger partial charge in [0.1, 0.15) is 12.1 Å². The molecule has 2 N–H and O–H groups in total. The van der Waals surface area contributed by atoms with Crippen LogP contribution in [0.2, 0.25) is 0 Å². The molecule has 0 saturated carbocycles. The molecule has 2 aromatic heterocycles. The van der Waals surface area contributed by atoms with Gasteiger partial charge < -0.3 is 10.6 Å². The summed E-state index contributed by atoms with van der Waals surface area (Å²) in [6.45, 7) is 5.92. The van der Waals surface area contributed by atoms with Crippen molar-refractivity contribution in [2.75, 3.05) is 13.6 Å². The number of hydrogen-bond acceptors (Lipinski definition) is 3. The highest BCUT2D eigenvalue weighted by atomic mass is 127. The minimum Gasteiger partial charge on any atom is -0.356 e. The lowest BCUT2D eigenvalue weighted by Crippen LogP contribution is -2.38. The maximum atomic E-state index is 4.42. The Balaban J connectivity index is 0.00000242. The molecule has 0 bridgehead atoms. The molecule has 2 rings (SSSR count). The lowest BCUT2D eigenvalue weighted by Gasteiger charge is -2.13. The third-order valence-electron chi connectivity index (χ3n) is 2.94. The molecule has 120 valence electrons. The van der Waals surface area contributed by atoms with Gasteiger partial charge in [0.25, 0.3) is 0 Å². The van der Waals surface area contributed by atoms with Crippen LogP contribution in [0.5, 0.6) is 0 Å². The Labute approximate surface area is 148 Å². The zero-order valence-electron chi connectivity index (χ0n) is 13.2. The highest BCUT2D eigenvalue weighted by Gasteiger charge is 2.01. The molecule has 0 aliphatic rings. The smallest absolute Gasteiger partial charge is 0.191 e. The van der Waals surface area contributed by atoms with Crippen molar-refractivity contribution in [1.82, 2.24) is 25.2 Å². The first-order valence-electron chi connectivity index (χ1n) is 7.07. The van der Waals surface area contributed by atoms with Crippen molar-refractivity contribution in [1.29, 1.82) is 0 Å². The van der Waals surface area contributed by atoms with E-state index in [9.17, 15) is 0 Å². The van der Waals surface area contributed by atoms with Crippen LogP contribution in [0, 0.1) is 5.92 Å². The summed E-state index contributed by atoms with van der Waals surface area (Å²) < 4.78 is 1.88. The van der Waals surface area contributed by atoms with Crippen molar-refractivity contribution in [2.45, 2.75) is 20.4 Å². The van der Waals surface area contributed by atoms with E-state index in [2.05, 4.69) is 39.4 Å². The number of guanidine groups is 1. The second kappa shape index (κ2) is 9.39. The van der Waals surface area contributed by atoms with Crippen LogP contribution in [-0.2, 0) is 6.54 Å². The topological polar surface area (TPSA) is 67.1 Å². The van der Waals surface area contributed by atoms with Crippen LogP contribution >= 0.6 is 24.0 Å². The van der Waals surface area contributed by atoms with Gasteiger partial charge in [-0.2, -0.15) is 0 Å². The van der Waals surface area contributed by atoms with Gasteiger partial charge in [-0.15, -0.1) is 24.0 Å². The van der Waals surface area contributed by atoms with Crippen molar-refractivity contribution in [2.24, 2.45) is 10.9 Å². The van der Waals surface area contributed by atoms with E-state index in [0.29, 0.717) is 12.5 Å². The number of nitrogens with zero attached hydrogens (tertiary/aromatic N) is 4. The second-order valence-corrected chi connectivity index (χ2v) is 5.20. The molecule has 0 atom stereocenters. The maximum absolute atomic E-state index is 4.42. The molecule has 2 aromatic rings. The highest BCUT2D eigenvalue weighted by molar-refractivity contribution is 14.0. The lowest BCUT2D eigenvalue weighted by molar-refractivity contribution is 0.614. The standard InChI is InChI=1S/C15H22N6.HI/c1-12(2)8-19-15(16-3)20-10-13-4-5-14(18-9-13)21-7-6-17-11-21;/h4-7,9,11-12H,8,10H2,1-3H3,(H2,16,19,20);1H. The number of nitrogens with one attached hydrogen (secondary N) is 2. The number of imidazole rings is 1. The molecule has 0 saturated heterocycles. The van der Waals surface area contributed by atoms with Crippen molar-refractivity contribution >= 4 is 29.9 Å². The van der Waals surface area contributed by atoms with Crippen molar-refractivity contribution in [3.8, 4) is 5.82 Å². The molecular weight excluding hydrogens is 391 g/mol. The molecule has 6 nitrogen and oxygen atoms in total. The fourth-order valence-electron chi connectivity index (χ4n) is 1.78. The van der Waals surface area contributed by atoms with E-state index in [1.807, 2.05) is 29.1 Å². The Morgan fingerprint density at radius 3 is 2.68 bits per heavy atom. The van der Waals surface area contributed by atoms with Crippen LogP contribution in [0.15, 0.2) is 42.0 Å². The number of halogens is 1. The van der Waals surface area contributed by atoms with Gasteiger partial charge in [-0.1, -0.05) is 19.9 Å². The molecule has 2 heterocycles. The third kappa shape index (κ3) is 5.63. The summed E-state index contributed by atoms with van der Waals surface area (Å²) in [5, 5.41) is 6.55. The number of hydrogen-bond donors (Lipinski definition) is 2. The molecule has 0 aliphatic heterocycles. The summed E-state index contributed by atoms with van der Waals surface area (Å²) in [4.78, 5) is 12.6. The summed E-state index contributed by atoms with van der Waals surface area (Å²) in [7, 11) is 1.77. The zero-order chi connectivity index (χ0) is 15.1. The van der Waals surface area contributed by atoms with E-state index in [1.165, 1.54) is 0 Å². The highest BCUT2D eigenvalue weighted by Crippen LogP contribution is 2.05. The molecule has 7 heteroatoms. The monoisotopic (exact) mass is 414 g/mol. The molecule has 0 radical (unpaired) electrons. The van der Waals surface area contributed by atoms with Gasteiger partial charge in [-0.3, -0.25) is 9.56 Å². The average Bonchev–Trinajstić information content (AvgIpc) is 3.02. The number of rotatable bonds is 5. The quantitative estimate of drug-likeness (QED) is 0.447. The Bertz CT molecular complexity index is 562. The molecule has 22 heavy (non-hydrogen) atoms. The lowest BCUT2D eigenvalue weighted by atomic mass is 10.2. The van der Waals surface area contributed by atoms with Gasteiger partial charge in [-0.05, 0) is 17.5 Å². The number of aromatic nitrogens is 3. The number of pyridine rings is 1. The maximum Gasteiger partial charge on any atom is 0.191 e. The molecule has 0 aromatic carbocycles. The van der Waals surface area contributed by atoms with Crippen LogP contribution in [0.4, 0.5) is 0 Å². The minimum atomic E-state index is 0. The Morgan fingerprint density at radius 2 is 2.14 bits per heavy atom. The van der Waals surface area contributed by atoms with Gasteiger partial charge in [0.05, 0.1) is 0 Å². The van der Waals surface area contributed by atoms with E-state index >= 15 is 0 Å². The third-order valence-corrected chi connectivity index (χ3v) is 2.94. The van der Waals surface area contributed by atoms with Crippen molar-refractivity contribution < 1.29 is 0 Å². The molecule has 0 unspecified atom stereocenters. The normalized spacial score (nSPS) is 11.2. The predicted molar refractivity (Wildman–Crippen MR) is 99.8 cm³/mol. The summed E-state index contributed by atoms with van der Waals surface area (Å²) in [5.41, 5.74) is 1.10. The Kier molecular flexibility index (Phi) is 7.86. The van der Waals surface area contributed by atoms with Crippen molar-refractivity contribution in [3.63, 3.8) is 0 Å². The van der Waals surface area contributed by atoms with E-state index in [1.54, 1.807) is 19.6 Å². The first kappa shape index (κ1) is 18.4. The Hall–Kier alpha value is -1.64. The summed E-state index contributed by atoms with van der Waals surface area (Å²) in [6.07, 6.45) is 7.20. The van der Waals surface area contributed by atoms with E-state index in [0.717, 1.165) is 23.9 Å². The van der Waals surface area contributed by atoms with E-state index in [-0.39, 0.29) is 24.0 Å². The first-order valence-corrected chi connectivity index (χ1v) is 7.07. The minimum absolute atomic E-state index is 0. The SMILES string of the molecule is CN=C(NCc1ccc(-n2ccnc2)nc1)NCC(C)C.I. The van der Waals surface area contributed by atoms with Gasteiger partial charge in [-0.25, -0.2) is 9.97 Å². The predicted octanol–water partition coefficient (Wildman–Crippen LogP) is 2.21. The molecule has 0 aliphatic carbocycles. The fraction of sp³-hybridized carbons (Fsp3) is 0.400. The number of aliphatic imine (C=N–C) groups is 1. The van der Waals surface area contributed by atoms with Gasteiger partial charge in [0, 0.05) is 38.7 Å². The second-order valence-electron chi connectivity index (χ2n) is 5.20. The summed E-state index contributed by atoms with van der Waals surface area (Å²) in [5.74, 6) is 2.25. The van der Waals surface area contributed by atoms with Crippen LogP contribution in [-0.4, -0.2) is 34.1 Å². The Morgan fingerprint density at radius 1 is 1.32 bits per heavy atom. The van der Waals surface area contributed by atoms with Crippen LogP contribution < -0.4 is 10.6 Å². The summed E-state index contributed by atoms with van der Waals surface area (Å²) in [6, 6.07) is 4.02. The molecular formula is C15H23IN6. The van der Waals surface area contributed by atoms with Crippen LogP contribution in [0.1, 0.15) is 19.4 Å². The van der Waals surface area contributed by atoms with Crippen LogP contribution in [0.25, 0.3) is 5.82 Å².